The van der Waals surface area contributed by atoms with Gasteiger partial charge in [0.2, 0.25) is 0 Å². The Morgan fingerprint density at radius 3 is 2.14 bits per heavy atom. The third-order valence-electron chi connectivity index (χ3n) is 3.02. The number of benzene rings is 2. The maximum absolute atomic E-state index is 12.7. The number of aliphatic hydroxyl groups is 1. The summed E-state index contributed by atoms with van der Waals surface area (Å²) in [6, 6.07) is 9.58. The highest BCUT2D eigenvalue weighted by molar-refractivity contribution is 6.36. The summed E-state index contributed by atoms with van der Waals surface area (Å²) in [6.07, 6.45) is -5.49. The largest absolute Gasteiger partial charge is 0.416 e. The zero-order valence-electron chi connectivity index (χ0n) is 10.7. The molecule has 2 rings (SSSR count). The van der Waals surface area contributed by atoms with Crippen molar-refractivity contribution in [1.82, 2.24) is 0 Å². The zero-order valence-corrected chi connectivity index (χ0v) is 12.2. The molecule has 0 radical (unpaired) electrons. The second-order valence-corrected chi connectivity index (χ2v) is 5.37. The van der Waals surface area contributed by atoms with Crippen molar-refractivity contribution in [2.24, 2.45) is 0 Å². The molecule has 0 aliphatic rings. The molecule has 2 aromatic rings. The molecule has 1 nitrogen and oxygen atoms in total. The third-order valence-corrected chi connectivity index (χ3v) is 3.68. The molecule has 0 bridgehead atoms. The van der Waals surface area contributed by atoms with Crippen molar-refractivity contribution in [2.75, 3.05) is 0 Å². The minimum Gasteiger partial charge on any atom is -0.388 e. The molecule has 1 unspecified atom stereocenters. The van der Waals surface area contributed by atoms with Crippen molar-refractivity contribution in [3.63, 3.8) is 0 Å². The van der Waals surface area contributed by atoms with Crippen molar-refractivity contribution in [2.45, 2.75) is 18.7 Å². The van der Waals surface area contributed by atoms with Gasteiger partial charge in [-0.2, -0.15) is 13.2 Å². The monoisotopic (exact) mass is 334 g/mol. The van der Waals surface area contributed by atoms with Gasteiger partial charge in [0.25, 0.3) is 0 Å². The molecular formula is C15H11Cl2F3O. The molecule has 0 amide bonds. The highest BCUT2D eigenvalue weighted by Gasteiger charge is 2.30. The van der Waals surface area contributed by atoms with Gasteiger partial charge in [0, 0.05) is 22.0 Å². The Labute approximate surface area is 129 Å². The van der Waals surface area contributed by atoms with Crippen molar-refractivity contribution < 1.29 is 18.3 Å². The Hall–Kier alpha value is -1.23. The molecule has 1 atom stereocenters. The molecule has 0 aromatic heterocycles. The molecule has 0 spiro atoms. The van der Waals surface area contributed by atoms with Crippen LogP contribution in [0.15, 0.2) is 42.5 Å². The summed E-state index contributed by atoms with van der Waals surface area (Å²) in [5.41, 5.74) is -0.0796. The van der Waals surface area contributed by atoms with E-state index in [1.165, 1.54) is 12.1 Å². The zero-order chi connectivity index (χ0) is 15.6. The van der Waals surface area contributed by atoms with Crippen LogP contribution in [0.2, 0.25) is 10.0 Å². The van der Waals surface area contributed by atoms with E-state index in [1.807, 2.05) is 0 Å². The number of aliphatic hydroxyl groups excluding tert-OH is 1. The number of alkyl halides is 3. The first kappa shape index (κ1) is 16.1. The van der Waals surface area contributed by atoms with Crippen LogP contribution >= 0.6 is 23.2 Å². The molecule has 0 saturated carbocycles. The highest BCUT2D eigenvalue weighted by Crippen LogP contribution is 2.34. The average molecular weight is 335 g/mol. The minimum absolute atomic E-state index is 0.00657. The lowest BCUT2D eigenvalue weighted by Gasteiger charge is -2.15. The summed E-state index contributed by atoms with van der Waals surface area (Å²) in [7, 11) is 0. The second-order valence-electron chi connectivity index (χ2n) is 4.55. The number of halogens is 5. The molecule has 6 heteroatoms. The summed E-state index contributed by atoms with van der Waals surface area (Å²) in [4.78, 5) is 0. The Balaban J connectivity index is 2.26. The van der Waals surface area contributed by atoms with E-state index in [9.17, 15) is 18.3 Å². The van der Waals surface area contributed by atoms with E-state index in [0.717, 1.165) is 12.1 Å². The van der Waals surface area contributed by atoms with Crippen LogP contribution in [0.1, 0.15) is 22.8 Å². The first-order chi connectivity index (χ1) is 9.79. The fourth-order valence-electron chi connectivity index (χ4n) is 2.03. The van der Waals surface area contributed by atoms with Gasteiger partial charge in [-0.15, -0.1) is 0 Å². The Kier molecular flexibility index (Phi) is 4.81. The Bertz CT molecular complexity index is 621. The smallest absolute Gasteiger partial charge is 0.388 e. The van der Waals surface area contributed by atoms with Gasteiger partial charge < -0.3 is 5.11 Å². The molecule has 21 heavy (non-hydrogen) atoms. The predicted molar refractivity (Wildman–Crippen MR) is 76.6 cm³/mol. The van der Waals surface area contributed by atoms with Gasteiger partial charge in [0.05, 0.1) is 11.7 Å². The van der Waals surface area contributed by atoms with Crippen LogP contribution in [0.5, 0.6) is 0 Å². The SMILES string of the molecule is OC(Cc1cccc(C(F)(F)F)c1)c1c(Cl)cccc1Cl. The lowest BCUT2D eigenvalue weighted by atomic mass is 10.00. The van der Waals surface area contributed by atoms with Crippen LogP contribution < -0.4 is 0 Å². The molecule has 112 valence electrons. The van der Waals surface area contributed by atoms with Crippen LogP contribution in [-0.2, 0) is 12.6 Å². The van der Waals surface area contributed by atoms with E-state index in [0.29, 0.717) is 11.1 Å². The lowest BCUT2D eigenvalue weighted by Crippen LogP contribution is -2.07. The summed E-state index contributed by atoms with van der Waals surface area (Å²) in [5, 5.41) is 10.7. The van der Waals surface area contributed by atoms with Gasteiger partial charge in [-0.3, -0.25) is 0 Å². The Morgan fingerprint density at radius 2 is 1.57 bits per heavy atom. The van der Waals surface area contributed by atoms with Crippen LogP contribution in [0.25, 0.3) is 0 Å². The number of rotatable bonds is 3. The first-order valence-electron chi connectivity index (χ1n) is 6.07. The fraction of sp³-hybridized carbons (Fsp3) is 0.200. The molecular weight excluding hydrogens is 324 g/mol. The highest BCUT2D eigenvalue weighted by atomic mass is 35.5. The summed E-state index contributed by atoms with van der Waals surface area (Å²) in [5.74, 6) is 0. The lowest BCUT2D eigenvalue weighted by molar-refractivity contribution is -0.137. The van der Waals surface area contributed by atoms with Crippen LogP contribution in [0.3, 0.4) is 0 Å². The molecule has 0 fully saturated rings. The fourth-order valence-corrected chi connectivity index (χ4v) is 2.68. The van der Waals surface area contributed by atoms with Gasteiger partial charge in [-0.1, -0.05) is 47.5 Å². The summed E-state index contributed by atoms with van der Waals surface area (Å²) >= 11 is 11.9. The summed E-state index contributed by atoms with van der Waals surface area (Å²) in [6.45, 7) is 0. The van der Waals surface area contributed by atoms with E-state index in [1.54, 1.807) is 18.2 Å². The topological polar surface area (TPSA) is 20.2 Å². The van der Waals surface area contributed by atoms with Gasteiger partial charge in [0.15, 0.2) is 0 Å². The number of hydrogen-bond donors (Lipinski definition) is 1. The maximum atomic E-state index is 12.7. The Morgan fingerprint density at radius 1 is 1.00 bits per heavy atom. The van der Waals surface area contributed by atoms with Crippen LogP contribution in [0.4, 0.5) is 13.2 Å². The molecule has 0 aliphatic carbocycles. The van der Waals surface area contributed by atoms with E-state index in [4.69, 9.17) is 23.2 Å². The third kappa shape index (κ3) is 3.90. The standard InChI is InChI=1S/C15H11Cl2F3O/c16-11-5-2-6-12(17)14(11)13(21)8-9-3-1-4-10(7-9)15(18,19)20/h1-7,13,21H,8H2. The van der Waals surface area contributed by atoms with E-state index >= 15 is 0 Å². The van der Waals surface area contributed by atoms with Crippen molar-refractivity contribution >= 4 is 23.2 Å². The van der Waals surface area contributed by atoms with E-state index < -0.39 is 17.8 Å². The minimum atomic E-state index is -4.41. The molecule has 0 heterocycles. The number of hydrogen-bond acceptors (Lipinski definition) is 1. The molecule has 2 aromatic carbocycles. The maximum Gasteiger partial charge on any atom is 0.416 e. The van der Waals surface area contributed by atoms with Gasteiger partial charge in [-0.25, -0.2) is 0 Å². The normalized spacial score (nSPS) is 13.2. The average Bonchev–Trinajstić information content (AvgIpc) is 2.37. The quantitative estimate of drug-likeness (QED) is 0.808. The van der Waals surface area contributed by atoms with Crippen LogP contribution in [-0.4, -0.2) is 5.11 Å². The van der Waals surface area contributed by atoms with Crippen LogP contribution in [0, 0.1) is 0 Å². The molecule has 0 aliphatic heterocycles. The van der Waals surface area contributed by atoms with Crippen molar-refractivity contribution in [3.8, 4) is 0 Å². The molecule has 1 N–H and O–H groups in total. The van der Waals surface area contributed by atoms with Crippen molar-refractivity contribution in [3.05, 3.63) is 69.2 Å². The van der Waals surface area contributed by atoms with Gasteiger partial charge in [0.1, 0.15) is 0 Å². The van der Waals surface area contributed by atoms with E-state index in [-0.39, 0.29) is 16.5 Å². The first-order valence-corrected chi connectivity index (χ1v) is 6.82. The second kappa shape index (κ2) is 6.26. The predicted octanol–water partition coefficient (Wildman–Crippen LogP) is 5.29. The van der Waals surface area contributed by atoms with Gasteiger partial charge >= 0.3 is 6.18 Å². The van der Waals surface area contributed by atoms with Gasteiger partial charge in [-0.05, 0) is 23.8 Å². The van der Waals surface area contributed by atoms with E-state index in [2.05, 4.69) is 0 Å². The van der Waals surface area contributed by atoms with Crippen molar-refractivity contribution in [1.29, 1.82) is 0 Å². The summed E-state index contributed by atoms with van der Waals surface area (Å²) < 4.78 is 38.0. The molecule has 0 saturated heterocycles.